The van der Waals surface area contributed by atoms with Crippen molar-refractivity contribution in [2.75, 3.05) is 18.0 Å². The molecule has 98 valence electrons. The van der Waals surface area contributed by atoms with E-state index in [0.29, 0.717) is 0 Å². The zero-order valence-corrected chi connectivity index (χ0v) is 10.8. The van der Waals surface area contributed by atoms with Crippen LogP contribution in [0.2, 0.25) is 0 Å². The quantitative estimate of drug-likeness (QED) is 0.848. The summed E-state index contributed by atoms with van der Waals surface area (Å²) in [5, 5.41) is 0. The molecule has 0 aliphatic carbocycles. The van der Waals surface area contributed by atoms with E-state index in [9.17, 15) is 4.79 Å². The molecule has 1 saturated heterocycles. The molecular weight excluding hydrogens is 226 g/mol. The lowest BCUT2D eigenvalue weighted by atomic mass is 9.97. The van der Waals surface area contributed by atoms with Crippen molar-refractivity contribution < 1.29 is 4.79 Å². The Labute approximate surface area is 108 Å². The maximum atomic E-state index is 11.3. The van der Waals surface area contributed by atoms with E-state index >= 15 is 0 Å². The number of benzene rings is 1. The van der Waals surface area contributed by atoms with E-state index in [1.165, 1.54) is 0 Å². The van der Waals surface area contributed by atoms with Crippen LogP contribution in [0.15, 0.2) is 24.3 Å². The molecule has 1 aliphatic heterocycles. The molecule has 0 spiro atoms. The number of nitrogens with zero attached hydrogens (tertiary/aromatic N) is 1. The van der Waals surface area contributed by atoms with E-state index in [1.807, 2.05) is 19.1 Å². The van der Waals surface area contributed by atoms with E-state index in [4.69, 9.17) is 11.5 Å². The van der Waals surface area contributed by atoms with Gasteiger partial charge in [0.15, 0.2) is 0 Å². The minimum atomic E-state index is -0.188. The summed E-state index contributed by atoms with van der Waals surface area (Å²) in [4.78, 5) is 13.5. The Morgan fingerprint density at radius 3 is 2.61 bits per heavy atom. The monoisotopic (exact) mass is 247 g/mol. The van der Waals surface area contributed by atoms with Crippen molar-refractivity contribution in [2.45, 2.75) is 25.8 Å². The third kappa shape index (κ3) is 2.82. The Hall–Kier alpha value is -1.55. The molecule has 4 N–H and O–H groups in total. The van der Waals surface area contributed by atoms with E-state index in [0.717, 1.165) is 37.2 Å². The van der Waals surface area contributed by atoms with Crippen molar-refractivity contribution in [1.82, 2.24) is 0 Å². The average Bonchev–Trinajstić information content (AvgIpc) is 2.39. The molecule has 0 radical (unpaired) electrons. The van der Waals surface area contributed by atoms with Gasteiger partial charge in [0.1, 0.15) is 0 Å². The molecule has 1 fully saturated rings. The Morgan fingerprint density at radius 1 is 1.39 bits per heavy atom. The number of carbonyl (C=O) groups excluding carboxylic acids is 1. The number of hydrogen-bond donors (Lipinski definition) is 2. The van der Waals surface area contributed by atoms with Gasteiger partial charge in [0.2, 0.25) is 5.91 Å². The highest BCUT2D eigenvalue weighted by molar-refractivity contribution is 5.77. The summed E-state index contributed by atoms with van der Waals surface area (Å²) < 4.78 is 0. The molecule has 2 atom stereocenters. The average molecular weight is 247 g/mol. The maximum absolute atomic E-state index is 11.3. The van der Waals surface area contributed by atoms with Crippen LogP contribution in [0.5, 0.6) is 0 Å². The fourth-order valence-corrected chi connectivity index (χ4v) is 2.43. The van der Waals surface area contributed by atoms with E-state index < -0.39 is 0 Å². The molecule has 0 aromatic heterocycles. The Kier molecular flexibility index (Phi) is 3.87. The first-order chi connectivity index (χ1) is 8.58. The Bertz CT molecular complexity index is 414. The molecule has 4 heteroatoms. The minimum absolute atomic E-state index is 0.0214. The smallest absolute Gasteiger partial charge is 0.222 e. The fourth-order valence-electron chi connectivity index (χ4n) is 2.43. The van der Waals surface area contributed by atoms with Crippen LogP contribution >= 0.6 is 0 Å². The lowest BCUT2D eigenvalue weighted by Crippen LogP contribution is -2.41. The van der Waals surface area contributed by atoms with Crippen molar-refractivity contribution in [2.24, 2.45) is 17.4 Å². The summed E-state index contributed by atoms with van der Waals surface area (Å²) in [6.45, 7) is 3.69. The van der Waals surface area contributed by atoms with Gasteiger partial charge in [-0.3, -0.25) is 4.79 Å². The van der Waals surface area contributed by atoms with Gasteiger partial charge >= 0.3 is 0 Å². The lowest BCUT2D eigenvalue weighted by Gasteiger charge is -2.33. The van der Waals surface area contributed by atoms with Gasteiger partial charge in [0.05, 0.1) is 5.92 Å². The van der Waals surface area contributed by atoms with Gasteiger partial charge < -0.3 is 16.4 Å². The normalized spacial score (nSPS) is 21.7. The van der Waals surface area contributed by atoms with Crippen molar-refractivity contribution >= 4 is 11.6 Å². The highest BCUT2D eigenvalue weighted by atomic mass is 16.1. The van der Waals surface area contributed by atoms with E-state index in [2.05, 4.69) is 17.0 Å². The Balaban J connectivity index is 2.09. The van der Waals surface area contributed by atoms with Gasteiger partial charge in [-0.1, -0.05) is 12.1 Å². The summed E-state index contributed by atoms with van der Waals surface area (Å²) in [6.07, 6.45) is 1.92. The molecular formula is C14H21N3O. The summed E-state index contributed by atoms with van der Waals surface area (Å²) in [5.41, 5.74) is 13.5. The number of primary amides is 1. The van der Waals surface area contributed by atoms with Gasteiger partial charge in [-0.05, 0) is 37.5 Å². The Morgan fingerprint density at radius 2 is 2.06 bits per heavy atom. The largest absolute Gasteiger partial charge is 0.371 e. The summed E-state index contributed by atoms with van der Waals surface area (Å²) in [6, 6.07) is 8.30. The molecule has 1 aliphatic rings. The maximum Gasteiger partial charge on any atom is 0.222 e. The second-order valence-corrected chi connectivity index (χ2v) is 5.07. The van der Waals surface area contributed by atoms with Crippen molar-refractivity contribution in [3.63, 3.8) is 0 Å². The molecule has 1 aromatic carbocycles. The van der Waals surface area contributed by atoms with E-state index in [1.54, 1.807) is 0 Å². The third-order valence-corrected chi connectivity index (χ3v) is 3.61. The van der Waals surface area contributed by atoms with Gasteiger partial charge in [-0.2, -0.15) is 0 Å². The second-order valence-electron chi connectivity index (χ2n) is 5.07. The highest BCUT2D eigenvalue weighted by Crippen LogP contribution is 2.24. The van der Waals surface area contributed by atoms with Gasteiger partial charge in [0, 0.05) is 24.8 Å². The number of piperidine rings is 1. The first-order valence-corrected chi connectivity index (χ1v) is 6.47. The highest BCUT2D eigenvalue weighted by Gasteiger charge is 2.23. The van der Waals surface area contributed by atoms with Crippen LogP contribution in [-0.2, 0) is 4.79 Å². The lowest BCUT2D eigenvalue weighted by molar-refractivity contribution is -0.122. The van der Waals surface area contributed by atoms with Crippen LogP contribution in [0.3, 0.4) is 0 Å². The molecule has 1 heterocycles. The number of hydrogen-bond acceptors (Lipinski definition) is 3. The molecule has 0 bridgehead atoms. The van der Waals surface area contributed by atoms with Gasteiger partial charge in [-0.25, -0.2) is 0 Å². The topological polar surface area (TPSA) is 72.3 Å². The predicted octanol–water partition coefficient (Wildman–Crippen LogP) is 1.41. The van der Waals surface area contributed by atoms with Crippen molar-refractivity contribution in [1.29, 1.82) is 0 Å². The number of anilines is 1. The van der Waals surface area contributed by atoms with Crippen LogP contribution in [-0.4, -0.2) is 19.0 Å². The van der Waals surface area contributed by atoms with Crippen LogP contribution in [0.25, 0.3) is 0 Å². The molecule has 1 amide bonds. The van der Waals surface area contributed by atoms with Crippen LogP contribution in [0.1, 0.15) is 31.4 Å². The number of amides is 1. The first-order valence-electron chi connectivity index (χ1n) is 6.47. The van der Waals surface area contributed by atoms with Crippen LogP contribution in [0, 0.1) is 5.92 Å². The first kappa shape index (κ1) is 12.9. The van der Waals surface area contributed by atoms with Crippen molar-refractivity contribution in [3.8, 4) is 0 Å². The minimum Gasteiger partial charge on any atom is -0.371 e. The zero-order valence-electron chi connectivity index (χ0n) is 10.8. The van der Waals surface area contributed by atoms with Gasteiger partial charge in [0.25, 0.3) is 0 Å². The molecule has 4 nitrogen and oxygen atoms in total. The molecule has 1 aromatic rings. The molecule has 1 unspecified atom stereocenters. The predicted molar refractivity (Wildman–Crippen MR) is 73.2 cm³/mol. The van der Waals surface area contributed by atoms with Crippen LogP contribution < -0.4 is 16.4 Å². The summed E-state index contributed by atoms with van der Waals surface area (Å²) in [7, 11) is 0. The SMILES string of the molecule is C[C@H](N)c1ccc(N2CCCC(C(N)=O)C2)cc1. The van der Waals surface area contributed by atoms with Gasteiger partial charge in [-0.15, -0.1) is 0 Å². The van der Waals surface area contributed by atoms with Crippen molar-refractivity contribution in [3.05, 3.63) is 29.8 Å². The number of nitrogens with two attached hydrogens (primary N) is 2. The summed E-state index contributed by atoms with van der Waals surface area (Å²) >= 11 is 0. The number of carbonyl (C=O) groups is 1. The molecule has 0 saturated carbocycles. The second kappa shape index (κ2) is 5.40. The van der Waals surface area contributed by atoms with E-state index in [-0.39, 0.29) is 17.9 Å². The fraction of sp³-hybridized carbons (Fsp3) is 0.500. The standard InChI is InChI=1S/C14H21N3O/c1-10(15)11-4-6-13(7-5-11)17-8-2-3-12(9-17)14(16)18/h4-7,10,12H,2-3,8-9,15H2,1H3,(H2,16,18)/t10-,12?/m0/s1. The molecule has 18 heavy (non-hydrogen) atoms. The molecule has 2 rings (SSSR count). The number of rotatable bonds is 3. The zero-order chi connectivity index (χ0) is 13.1. The van der Waals surface area contributed by atoms with Crippen LogP contribution in [0.4, 0.5) is 5.69 Å². The third-order valence-electron chi connectivity index (χ3n) is 3.61. The summed E-state index contributed by atoms with van der Waals surface area (Å²) in [5.74, 6) is -0.209.